The minimum Gasteiger partial charge on any atom is -0.378 e. The molecule has 1 N–H and O–H groups in total. The maximum Gasteiger partial charge on any atom is 0.229 e. The van der Waals surface area contributed by atoms with E-state index in [1.165, 1.54) is 14.7 Å². The SMILES string of the molecule is Cc1ccc(NC2CC(=O)N(C)c3ccccc32)cc1I. The maximum atomic E-state index is 12.2. The summed E-state index contributed by atoms with van der Waals surface area (Å²) < 4.78 is 1.23. The van der Waals surface area contributed by atoms with Gasteiger partial charge in [-0.1, -0.05) is 24.3 Å². The van der Waals surface area contributed by atoms with E-state index in [4.69, 9.17) is 0 Å². The van der Waals surface area contributed by atoms with Crippen molar-refractivity contribution in [2.75, 3.05) is 17.3 Å². The Morgan fingerprint density at radius 3 is 2.76 bits per heavy atom. The van der Waals surface area contributed by atoms with Gasteiger partial charge in [0.05, 0.1) is 12.5 Å². The summed E-state index contributed by atoms with van der Waals surface area (Å²) >= 11 is 2.34. The highest BCUT2D eigenvalue weighted by Crippen LogP contribution is 2.35. The normalized spacial score (nSPS) is 17.6. The largest absolute Gasteiger partial charge is 0.378 e. The zero-order valence-corrected chi connectivity index (χ0v) is 14.2. The van der Waals surface area contributed by atoms with Crippen LogP contribution in [0.4, 0.5) is 11.4 Å². The molecule has 1 heterocycles. The summed E-state index contributed by atoms with van der Waals surface area (Å²) in [5, 5.41) is 3.50. The number of nitrogens with one attached hydrogen (secondary N) is 1. The highest BCUT2D eigenvalue weighted by Gasteiger charge is 2.28. The predicted molar refractivity (Wildman–Crippen MR) is 94.7 cm³/mol. The summed E-state index contributed by atoms with van der Waals surface area (Å²) in [6.07, 6.45) is 0.484. The third-order valence-electron chi connectivity index (χ3n) is 3.94. The van der Waals surface area contributed by atoms with Gasteiger partial charge in [0.1, 0.15) is 0 Å². The van der Waals surface area contributed by atoms with Crippen LogP contribution in [0, 0.1) is 10.5 Å². The van der Waals surface area contributed by atoms with Crippen molar-refractivity contribution < 1.29 is 4.79 Å². The molecule has 0 saturated carbocycles. The number of amides is 1. The fourth-order valence-electron chi connectivity index (χ4n) is 2.66. The molecule has 0 fully saturated rings. The number of hydrogen-bond acceptors (Lipinski definition) is 2. The Morgan fingerprint density at radius 1 is 1.24 bits per heavy atom. The van der Waals surface area contributed by atoms with Crippen LogP contribution in [0.15, 0.2) is 42.5 Å². The van der Waals surface area contributed by atoms with E-state index in [2.05, 4.69) is 59.1 Å². The Balaban J connectivity index is 1.93. The number of carbonyl (C=O) groups excluding carboxylic acids is 1. The molecule has 21 heavy (non-hydrogen) atoms. The third kappa shape index (κ3) is 2.77. The van der Waals surface area contributed by atoms with Gasteiger partial charge in [-0.2, -0.15) is 0 Å². The average Bonchev–Trinajstić information content (AvgIpc) is 2.48. The molecule has 0 aromatic heterocycles. The molecule has 1 aliphatic heterocycles. The summed E-state index contributed by atoms with van der Waals surface area (Å²) in [6.45, 7) is 2.10. The Kier molecular flexibility index (Phi) is 3.89. The average molecular weight is 392 g/mol. The van der Waals surface area contributed by atoms with Gasteiger partial charge < -0.3 is 10.2 Å². The molecule has 108 valence electrons. The van der Waals surface area contributed by atoms with Crippen molar-refractivity contribution in [3.05, 3.63) is 57.2 Å². The number of nitrogens with zero attached hydrogens (tertiary/aromatic N) is 1. The van der Waals surface area contributed by atoms with Crippen molar-refractivity contribution in [1.29, 1.82) is 0 Å². The molecular weight excluding hydrogens is 375 g/mol. The lowest BCUT2D eigenvalue weighted by Gasteiger charge is -2.32. The van der Waals surface area contributed by atoms with Crippen molar-refractivity contribution in [1.82, 2.24) is 0 Å². The Morgan fingerprint density at radius 2 is 2.00 bits per heavy atom. The van der Waals surface area contributed by atoms with Gasteiger partial charge in [0.15, 0.2) is 0 Å². The van der Waals surface area contributed by atoms with Gasteiger partial charge >= 0.3 is 0 Å². The molecule has 0 spiro atoms. The Hall–Kier alpha value is -1.56. The first-order valence-electron chi connectivity index (χ1n) is 6.94. The summed E-state index contributed by atoms with van der Waals surface area (Å²) in [4.78, 5) is 13.9. The van der Waals surface area contributed by atoms with Crippen molar-refractivity contribution in [2.24, 2.45) is 0 Å². The zero-order chi connectivity index (χ0) is 15.0. The number of anilines is 2. The molecule has 2 aromatic carbocycles. The topological polar surface area (TPSA) is 32.3 Å². The second-order valence-corrected chi connectivity index (χ2v) is 6.54. The molecule has 4 heteroatoms. The Labute approximate surface area is 138 Å². The van der Waals surface area contributed by atoms with Gasteiger partial charge in [-0.25, -0.2) is 0 Å². The molecule has 0 saturated heterocycles. The van der Waals surface area contributed by atoms with Crippen LogP contribution < -0.4 is 10.2 Å². The van der Waals surface area contributed by atoms with E-state index in [1.54, 1.807) is 4.90 Å². The molecule has 3 rings (SSSR count). The second-order valence-electron chi connectivity index (χ2n) is 5.38. The van der Waals surface area contributed by atoms with E-state index >= 15 is 0 Å². The zero-order valence-electron chi connectivity index (χ0n) is 12.1. The molecule has 1 unspecified atom stereocenters. The van der Waals surface area contributed by atoms with E-state index in [-0.39, 0.29) is 11.9 Å². The van der Waals surface area contributed by atoms with E-state index in [9.17, 15) is 4.79 Å². The standard InChI is InChI=1S/C17H17IN2O/c1-11-7-8-12(9-14(11)18)19-15-10-17(21)20(2)16-6-4-3-5-13(15)16/h3-9,15,19H,10H2,1-2H3. The van der Waals surface area contributed by atoms with Crippen molar-refractivity contribution in [3.63, 3.8) is 0 Å². The van der Waals surface area contributed by atoms with Gasteiger partial charge in [-0.3, -0.25) is 4.79 Å². The van der Waals surface area contributed by atoms with Gasteiger partial charge in [-0.15, -0.1) is 0 Å². The summed E-state index contributed by atoms with van der Waals surface area (Å²) in [7, 11) is 1.84. The van der Waals surface area contributed by atoms with Crippen LogP contribution in [0.25, 0.3) is 0 Å². The molecule has 2 aromatic rings. The van der Waals surface area contributed by atoms with Gasteiger partial charge in [-0.05, 0) is 58.8 Å². The van der Waals surface area contributed by atoms with E-state index in [0.29, 0.717) is 6.42 Å². The van der Waals surface area contributed by atoms with E-state index in [1.807, 2.05) is 25.2 Å². The lowest BCUT2D eigenvalue weighted by molar-refractivity contribution is -0.118. The lowest BCUT2D eigenvalue weighted by atomic mass is 9.96. The fourth-order valence-corrected chi connectivity index (χ4v) is 3.17. The van der Waals surface area contributed by atoms with Crippen LogP contribution in [-0.2, 0) is 4.79 Å². The second kappa shape index (κ2) is 5.67. The highest BCUT2D eigenvalue weighted by atomic mass is 127. The number of rotatable bonds is 2. The minimum absolute atomic E-state index is 0.0309. The van der Waals surface area contributed by atoms with Crippen molar-refractivity contribution in [3.8, 4) is 0 Å². The molecule has 0 aliphatic carbocycles. The third-order valence-corrected chi connectivity index (χ3v) is 5.10. The number of hydrogen-bond donors (Lipinski definition) is 1. The smallest absolute Gasteiger partial charge is 0.229 e. The summed E-state index contributed by atoms with van der Waals surface area (Å²) in [6, 6.07) is 14.4. The van der Waals surface area contributed by atoms with Crippen LogP contribution >= 0.6 is 22.6 Å². The van der Waals surface area contributed by atoms with E-state index in [0.717, 1.165) is 11.4 Å². The van der Waals surface area contributed by atoms with E-state index < -0.39 is 0 Å². The monoisotopic (exact) mass is 392 g/mol. The first kappa shape index (κ1) is 14.4. The minimum atomic E-state index is 0.0309. The van der Waals surface area contributed by atoms with Crippen LogP contribution in [0.2, 0.25) is 0 Å². The molecular formula is C17H17IN2O. The number of aryl methyl sites for hydroxylation is 1. The van der Waals surface area contributed by atoms with Crippen LogP contribution in [-0.4, -0.2) is 13.0 Å². The molecule has 0 bridgehead atoms. The van der Waals surface area contributed by atoms with Crippen LogP contribution in [0.5, 0.6) is 0 Å². The molecule has 0 radical (unpaired) electrons. The van der Waals surface area contributed by atoms with Gasteiger partial charge in [0.2, 0.25) is 5.91 Å². The molecule has 1 atom stereocenters. The van der Waals surface area contributed by atoms with Crippen molar-refractivity contribution >= 4 is 39.9 Å². The number of benzene rings is 2. The van der Waals surface area contributed by atoms with Crippen molar-refractivity contribution in [2.45, 2.75) is 19.4 Å². The predicted octanol–water partition coefficient (Wildman–Crippen LogP) is 4.12. The Bertz CT molecular complexity index is 699. The van der Waals surface area contributed by atoms with Gasteiger partial charge in [0.25, 0.3) is 0 Å². The first-order valence-corrected chi connectivity index (χ1v) is 8.02. The summed E-state index contributed by atoms with van der Waals surface area (Å²) in [5.74, 6) is 0.146. The van der Waals surface area contributed by atoms with Gasteiger partial charge in [0, 0.05) is 22.0 Å². The number of para-hydroxylation sites is 1. The first-order chi connectivity index (χ1) is 10.1. The van der Waals surface area contributed by atoms with Crippen LogP contribution in [0.3, 0.4) is 0 Å². The fraction of sp³-hybridized carbons (Fsp3) is 0.235. The maximum absolute atomic E-state index is 12.2. The highest BCUT2D eigenvalue weighted by molar-refractivity contribution is 14.1. The summed E-state index contributed by atoms with van der Waals surface area (Å²) in [5.41, 5.74) is 4.49. The number of carbonyl (C=O) groups is 1. The number of halogens is 1. The molecule has 3 nitrogen and oxygen atoms in total. The lowest BCUT2D eigenvalue weighted by Crippen LogP contribution is -2.35. The quantitative estimate of drug-likeness (QED) is 0.780. The molecule has 1 aliphatic rings. The van der Waals surface area contributed by atoms with Crippen LogP contribution in [0.1, 0.15) is 23.6 Å². The number of fused-ring (bicyclic) bond motifs is 1. The molecule has 1 amide bonds.